The van der Waals surface area contributed by atoms with E-state index in [4.69, 9.17) is 0 Å². The van der Waals surface area contributed by atoms with Gasteiger partial charge in [0.05, 0.1) is 23.1 Å². The molecule has 0 saturated heterocycles. The van der Waals surface area contributed by atoms with Crippen molar-refractivity contribution in [1.29, 1.82) is 0 Å². The molecular weight excluding hydrogens is 290 g/mol. The van der Waals surface area contributed by atoms with Gasteiger partial charge in [-0.2, -0.15) is 0 Å². The van der Waals surface area contributed by atoms with Crippen molar-refractivity contribution in [2.45, 2.75) is 6.92 Å². The average molecular weight is 305 g/mol. The normalized spacial score (nSPS) is 11.2. The number of carbonyl (C=O) groups excluding carboxylic acids is 1. The molecule has 1 amide bonds. The number of hydrogen-bond donors (Lipinski definition) is 1. The van der Waals surface area contributed by atoms with Crippen molar-refractivity contribution in [2.24, 2.45) is 7.05 Å². The molecule has 3 heterocycles. The highest BCUT2D eigenvalue weighted by Gasteiger charge is 2.16. The largest absolute Gasteiger partial charge is 0.334 e. The van der Waals surface area contributed by atoms with Crippen molar-refractivity contribution in [3.8, 4) is 0 Å². The van der Waals surface area contributed by atoms with Crippen molar-refractivity contribution in [1.82, 2.24) is 18.9 Å². The monoisotopic (exact) mass is 305 g/mol. The minimum Gasteiger partial charge on any atom is -0.334 e. The lowest BCUT2D eigenvalue weighted by Crippen LogP contribution is -2.14. The van der Waals surface area contributed by atoms with E-state index in [0.717, 1.165) is 16.9 Å². The number of nitrogens with one attached hydrogen (secondary N) is 1. The van der Waals surface area contributed by atoms with E-state index in [0.29, 0.717) is 16.9 Å². The molecule has 0 aliphatic carbocycles. The third-order valence-corrected chi connectivity index (χ3v) is 3.94. The molecule has 0 spiro atoms. The van der Waals surface area contributed by atoms with Gasteiger partial charge in [0.1, 0.15) is 17.0 Å². The van der Waals surface area contributed by atoms with Crippen LogP contribution in [0.15, 0.2) is 48.9 Å². The Hall–Kier alpha value is -3.15. The minimum atomic E-state index is -0.192. The Morgan fingerprint density at radius 3 is 2.91 bits per heavy atom. The van der Waals surface area contributed by atoms with Crippen molar-refractivity contribution >= 4 is 28.4 Å². The molecule has 23 heavy (non-hydrogen) atoms. The quantitative estimate of drug-likeness (QED) is 0.619. The molecule has 0 aliphatic heterocycles. The maximum atomic E-state index is 12.7. The second kappa shape index (κ2) is 4.95. The van der Waals surface area contributed by atoms with Crippen LogP contribution in [0.5, 0.6) is 0 Å². The standard InChI is InChI=1S/C17H15N5O/c1-11-16(22-9-4-3-8-14(22)19-11)20-17(23)12-6-5-7-13-15(12)18-10-21(13)2/h3-10H,1-2H3,(H,20,23). The van der Waals surface area contributed by atoms with E-state index in [1.807, 2.05) is 59.5 Å². The zero-order valence-electron chi connectivity index (χ0n) is 12.8. The van der Waals surface area contributed by atoms with Crippen LogP contribution in [0.25, 0.3) is 16.7 Å². The first kappa shape index (κ1) is 13.5. The van der Waals surface area contributed by atoms with E-state index in [-0.39, 0.29) is 5.91 Å². The van der Waals surface area contributed by atoms with Crippen LogP contribution in [0.4, 0.5) is 5.82 Å². The first-order valence-electron chi connectivity index (χ1n) is 7.30. The summed E-state index contributed by atoms with van der Waals surface area (Å²) in [6.45, 7) is 1.88. The number of fused-ring (bicyclic) bond motifs is 2. The maximum absolute atomic E-state index is 12.7. The van der Waals surface area contributed by atoms with Gasteiger partial charge in [-0.1, -0.05) is 12.1 Å². The molecule has 0 aliphatic rings. The van der Waals surface area contributed by atoms with Crippen molar-refractivity contribution in [3.05, 3.63) is 60.2 Å². The Morgan fingerprint density at radius 1 is 1.17 bits per heavy atom. The fourth-order valence-corrected chi connectivity index (χ4v) is 2.78. The maximum Gasteiger partial charge on any atom is 0.259 e. The number of aromatic nitrogens is 4. The smallest absolute Gasteiger partial charge is 0.259 e. The Balaban J connectivity index is 1.78. The summed E-state index contributed by atoms with van der Waals surface area (Å²) in [5.74, 6) is 0.488. The van der Waals surface area contributed by atoms with Crippen LogP contribution in [0, 0.1) is 6.92 Å². The number of carbonyl (C=O) groups is 1. The molecule has 6 heteroatoms. The molecular formula is C17H15N5O. The van der Waals surface area contributed by atoms with E-state index in [1.54, 1.807) is 12.4 Å². The second-order valence-corrected chi connectivity index (χ2v) is 5.46. The second-order valence-electron chi connectivity index (χ2n) is 5.46. The molecule has 0 atom stereocenters. The Morgan fingerprint density at radius 2 is 2.04 bits per heavy atom. The van der Waals surface area contributed by atoms with E-state index in [1.165, 1.54) is 0 Å². The van der Waals surface area contributed by atoms with Gasteiger partial charge in [-0.25, -0.2) is 9.97 Å². The summed E-state index contributed by atoms with van der Waals surface area (Å²) in [4.78, 5) is 21.5. The molecule has 6 nitrogen and oxygen atoms in total. The van der Waals surface area contributed by atoms with Gasteiger partial charge in [-0.3, -0.25) is 9.20 Å². The van der Waals surface area contributed by atoms with E-state index in [9.17, 15) is 4.79 Å². The van der Waals surface area contributed by atoms with Crippen LogP contribution in [0.1, 0.15) is 16.1 Å². The summed E-state index contributed by atoms with van der Waals surface area (Å²) < 4.78 is 3.76. The van der Waals surface area contributed by atoms with Gasteiger partial charge in [-0.05, 0) is 31.2 Å². The predicted octanol–water partition coefficient (Wildman–Crippen LogP) is 2.78. The molecule has 0 radical (unpaired) electrons. The van der Waals surface area contributed by atoms with Gasteiger partial charge < -0.3 is 9.88 Å². The van der Waals surface area contributed by atoms with Crippen molar-refractivity contribution in [2.75, 3.05) is 5.32 Å². The summed E-state index contributed by atoms with van der Waals surface area (Å²) in [6, 6.07) is 11.3. The van der Waals surface area contributed by atoms with Gasteiger partial charge >= 0.3 is 0 Å². The predicted molar refractivity (Wildman–Crippen MR) is 88.6 cm³/mol. The summed E-state index contributed by atoms with van der Waals surface area (Å²) >= 11 is 0. The molecule has 0 saturated carbocycles. The fourth-order valence-electron chi connectivity index (χ4n) is 2.78. The average Bonchev–Trinajstić information content (AvgIpc) is 3.08. The number of para-hydroxylation sites is 1. The van der Waals surface area contributed by atoms with Crippen LogP contribution >= 0.6 is 0 Å². The van der Waals surface area contributed by atoms with E-state index < -0.39 is 0 Å². The highest BCUT2D eigenvalue weighted by Crippen LogP contribution is 2.21. The number of nitrogens with zero attached hydrogens (tertiary/aromatic N) is 4. The van der Waals surface area contributed by atoms with Crippen LogP contribution in [0.2, 0.25) is 0 Å². The number of hydrogen-bond acceptors (Lipinski definition) is 3. The topological polar surface area (TPSA) is 64.2 Å². The molecule has 4 aromatic rings. The molecule has 1 aromatic carbocycles. The van der Waals surface area contributed by atoms with Gasteiger partial charge in [0.15, 0.2) is 0 Å². The number of imidazole rings is 2. The molecule has 0 fully saturated rings. The highest BCUT2D eigenvalue weighted by molar-refractivity contribution is 6.11. The minimum absolute atomic E-state index is 0.192. The zero-order valence-corrected chi connectivity index (χ0v) is 12.8. The van der Waals surface area contributed by atoms with Crippen molar-refractivity contribution in [3.63, 3.8) is 0 Å². The first-order chi connectivity index (χ1) is 11.1. The van der Waals surface area contributed by atoms with Gasteiger partial charge in [0, 0.05) is 13.2 Å². The number of anilines is 1. The summed E-state index contributed by atoms with van der Waals surface area (Å²) in [6.07, 6.45) is 3.59. The molecule has 0 bridgehead atoms. The molecule has 114 valence electrons. The highest BCUT2D eigenvalue weighted by atomic mass is 16.1. The number of rotatable bonds is 2. The molecule has 4 rings (SSSR count). The molecule has 3 aromatic heterocycles. The lowest BCUT2D eigenvalue weighted by Gasteiger charge is -2.07. The van der Waals surface area contributed by atoms with E-state index in [2.05, 4.69) is 15.3 Å². The van der Waals surface area contributed by atoms with Crippen LogP contribution < -0.4 is 5.32 Å². The number of aryl methyl sites for hydroxylation is 2. The Bertz CT molecular complexity index is 1040. The van der Waals surface area contributed by atoms with Gasteiger partial charge in [0.2, 0.25) is 0 Å². The first-order valence-corrected chi connectivity index (χ1v) is 7.30. The lowest BCUT2D eigenvalue weighted by atomic mass is 10.1. The van der Waals surface area contributed by atoms with Crippen molar-refractivity contribution < 1.29 is 4.79 Å². The Labute approximate surface area is 132 Å². The zero-order chi connectivity index (χ0) is 16.0. The molecule has 0 unspecified atom stereocenters. The van der Waals surface area contributed by atoms with Gasteiger partial charge in [-0.15, -0.1) is 0 Å². The van der Waals surface area contributed by atoms with Crippen LogP contribution in [-0.4, -0.2) is 24.8 Å². The van der Waals surface area contributed by atoms with Crippen LogP contribution in [0.3, 0.4) is 0 Å². The van der Waals surface area contributed by atoms with Gasteiger partial charge in [0.25, 0.3) is 5.91 Å². The summed E-state index contributed by atoms with van der Waals surface area (Å²) in [7, 11) is 1.91. The summed E-state index contributed by atoms with van der Waals surface area (Å²) in [5.41, 5.74) is 3.74. The van der Waals surface area contributed by atoms with Crippen LogP contribution in [-0.2, 0) is 7.05 Å². The van der Waals surface area contributed by atoms with E-state index >= 15 is 0 Å². The third-order valence-electron chi connectivity index (χ3n) is 3.94. The third kappa shape index (κ3) is 2.07. The number of amides is 1. The lowest BCUT2D eigenvalue weighted by molar-refractivity contribution is 0.102. The summed E-state index contributed by atoms with van der Waals surface area (Å²) in [5, 5.41) is 2.96. The number of benzene rings is 1. The number of pyridine rings is 1. The molecule has 1 N–H and O–H groups in total. The SMILES string of the molecule is Cc1nc2ccccn2c1NC(=O)c1cccc2c1ncn2C. The fraction of sp³-hybridized carbons (Fsp3) is 0.118. The Kier molecular flexibility index (Phi) is 2.90.